The number of rotatable bonds is 2. The van der Waals surface area contributed by atoms with Gasteiger partial charge in [-0.2, -0.15) is 10.4 Å². The molecule has 0 unspecified atom stereocenters. The third-order valence-corrected chi connectivity index (χ3v) is 3.44. The first-order valence-electron chi connectivity index (χ1n) is 6.13. The summed E-state index contributed by atoms with van der Waals surface area (Å²) in [6, 6.07) is 6.49. The lowest BCUT2D eigenvalue weighted by atomic mass is 10.1. The number of nitriles is 1. The highest BCUT2D eigenvalue weighted by Crippen LogP contribution is 2.32. The lowest BCUT2D eigenvalue weighted by Gasteiger charge is -2.28. The summed E-state index contributed by atoms with van der Waals surface area (Å²) in [6.07, 6.45) is 2.52. The molecular formula is C13H11N5O2. The summed E-state index contributed by atoms with van der Waals surface area (Å²) in [5, 5.41) is 26.9. The monoisotopic (exact) mass is 269 g/mol. The molecule has 2 aromatic rings. The van der Waals surface area contributed by atoms with Gasteiger partial charge in [-0.3, -0.25) is 15.2 Å². The number of aromatic amines is 1. The number of nitro benzene ring substituents is 1. The van der Waals surface area contributed by atoms with Crippen molar-refractivity contribution in [3.05, 3.63) is 51.3 Å². The van der Waals surface area contributed by atoms with Gasteiger partial charge in [0.15, 0.2) is 0 Å². The van der Waals surface area contributed by atoms with Gasteiger partial charge in [-0.15, -0.1) is 0 Å². The third-order valence-electron chi connectivity index (χ3n) is 3.44. The number of anilines is 1. The highest BCUT2D eigenvalue weighted by atomic mass is 16.6. The third kappa shape index (κ3) is 1.97. The molecule has 20 heavy (non-hydrogen) atoms. The molecule has 1 aromatic heterocycles. The summed E-state index contributed by atoms with van der Waals surface area (Å²) in [7, 11) is 0. The Morgan fingerprint density at radius 3 is 3.10 bits per heavy atom. The Kier molecular flexibility index (Phi) is 2.84. The molecule has 0 radical (unpaired) electrons. The van der Waals surface area contributed by atoms with Crippen molar-refractivity contribution in [3.63, 3.8) is 0 Å². The van der Waals surface area contributed by atoms with Gasteiger partial charge in [0.05, 0.1) is 22.8 Å². The minimum absolute atomic E-state index is 0.0315. The van der Waals surface area contributed by atoms with Crippen LogP contribution in [0.1, 0.15) is 16.8 Å². The summed E-state index contributed by atoms with van der Waals surface area (Å²) in [4.78, 5) is 12.7. The van der Waals surface area contributed by atoms with E-state index in [1.165, 1.54) is 6.07 Å². The Balaban J connectivity index is 1.99. The maximum atomic E-state index is 11.2. The van der Waals surface area contributed by atoms with Gasteiger partial charge in [-0.25, -0.2) is 0 Å². The van der Waals surface area contributed by atoms with Gasteiger partial charge < -0.3 is 4.90 Å². The Morgan fingerprint density at radius 2 is 2.35 bits per heavy atom. The quantitative estimate of drug-likeness (QED) is 0.661. The van der Waals surface area contributed by atoms with Crippen molar-refractivity contribution in [2.24, 2.45) is 0 Å². The van der Waals surface area contributed by atoms with Gasteiger partial charge in [0, 0.05) is 36.8 Å². The van der Waals surface area contributed by atoms with E-state index in [2.05, 4.69) is 10.2 Å². The number of nitrogens with zero attached hydrogens (tertiary/aromatic N) is 4. The predicted octanol–water partition coefficient (Wildman–Crippen LogP) is 1.75. The molecule has 0 saturated carbocycles. The van der Waals surface area contributed by atoms with Crippen molar-refractivity contribution in [1.82, 2.24) is 10.2 Å². The number of aromatic nitrogens is 2. The maximum absolute atomic E-state index is 11.2. The fraction of sp³-hybridized carbons (Fsp3) is 0.231. The van der Waals surface area contributed by atoms with E-state index >= 15 is 0 Å². The number of hydrogen-bond donors (Lipinski definition) is 1. The molecule has 1 N–H and O–H groups in total. The van der Waals surface area contributed by atoms with E-state index < -0.39 is 4.92 Å². The molecule has 1 aliphatic heterocycles. The van der Waals surface area contributed by atoms with E-state index in [9.17, 15) is 10.1 Å². The molecule has 0 bridgehead atoms. The normalized spacial score (nSPS) is 13.7. The van der Waals surface area contributed by atoms with Crippen molar-refractivity contribution in [2.75, 3.05) is 11.4 Å². The second-order valence-electron chi connectivity index (χ2n) is 4.62. The van der Waals surface area contributed by atoms with Crippen molar-refractivity contribution in [1.29, 1.82) is 5.26 Å². The van der Waals surface area contributed by atoms with Gasteiger partial charge in [0.2, 0.25) is 0 Å². The Morgan fingerprint density at radius 1 is 1.50 bits per heavy atom. The smallest absolute Gasteiger partial charge is 0.293 e. The second-order valence-corrected chi connectivity index (χ2v) is 4.62. The van der Waals surface area contributed by atoms with Gasteiger partial charge in [-0.05, 0) is 12.1 Å². The van der Waals surface area contributed by atoms with Gasteiger partial charge in [0.1, 0.15) is 5.69 Å². The number of hydrogen-bond acceptors (Lipinski definition) is 5. The van der Waals surface area contributed by atoms with E-state index in [1.54, 1.807) is 18.3 Å². The summed E-state index contributed by atoms with van der Waals surface area (Å²) >= 11 is 0. The molecule has 0 amide bonds. The van der Waals surface area contributed by atoms with Crippen LogP contribution in [0, 0.1) is 21.4 Å². The van der Waals surface area contributed by atoms with Crippen molar-refractivity contribution in [3.8, 4) is 6.07 Å². The molecule has 0 fully saturated rings. The van der Waals surface area contributed by atoms with Crippen LogP contribution in [0.25, 0.3) is 0 Å². The zero-order valence-corrected chi connectivity index (χ0v) is 10.5. The van der Waals surface area contributed by atoms with E-state index in [-0.39, 0.29) is 5.69 Å². The standard InChI is InChI=1S/C13H11N5O2/c14-6-9-1-2-12(13(5-9)18(19)20)17-4-3-11-10(8-17)7-15-16-11/h1-2,5,7H,3-4,8H2,(H,15,16). The van der Waals surface area contributed by atoms with Gasteiger partial charge in [0.25, 0.3) is 5.69 Å². The average molecular weight is 269 g/mol. The zero-order valence-electron chi connectivity index (χ0n) is 10.5. The minimum atomic E-state index is -0.443. The Hall–Kier alpha value is -2.88. The molecule has 7 nitrogen and oxygen atoms in total. The first-order chi connectivity index (χ1) is 9.69. The second kappa shape index (κ2) is 4.66. The molecule has 1 aliphatic rings. The summed E-state index contributed by atoms with van der Waals surface area (Å²) in [6.45, 7) is 1.26. The first kappa shape index (κ1) is 12.2. The summed E-state index contributed by atoms with van der Waals surface area (Å²) in [5.41, 5.74) is 2.94. The number of fused-ring (bicyclic) bond motifs is 1. The SMILES string of the molecule is N#Cc1ccc(N2CCc3[nH]ncc3C2)c([N+](=O)[O-])c1. The Labute approximate surface area is 114 Å². The largest absolute Gasteiger partial charge is 0.361 e. The van der Waals surface area contributed by atoms with E-state index in [0.717, 1.165) is 17.7 Å². The fourth-order valence-corrected chi connectivity index (χ4v) is 2.43. The lowest BCUT2D eigenvalue weighted by molar-refractivity contribution is -0.384. The van der Waals surface area contributed by atoms with Gasteiger partial charge in [-0.1, -0.05) is 0 Å². The van der Waals surface area contributed by atoms with Crippen molar-refractivity contribution >= 4 is 11.4 Å². The van der Waals surface area contributed by atoms with Crippen molar-refractivity contribution in [2.45, 2.75) is 13.0 Å². The predicted molar refractivity (Wildman–Crippen MR) is 71.2 cm³/mol. The van der Waals surface area contributed by atoms with Gasteiger partial charge >= 0.3 is 0 Å². The van der Waals surface area contributed by atoms with Crippen LogP contribution >= 0.6 is 0 Å². The van der Waals surface area contributed by atoms with Crippen LogP contribution in [0.3, 0.4) is 0 Å². The number of benzene rings is 1. The molecule has 2 heterocycles. The van der Waals surface area contributed by atoms with Crippen LogP contribution in [0.5, 0.6) is 0 Å². The number of nitrogens with one attached hydrogen (secondary N) is 1. The van der Waals surface area contributed by atoms with Crippen LogP contribution < -0.4 is 4.90 Å². The molecule has 0 spiro atoms. The van der Waals surface area contributed by atoms with Crippen molar-refractivity contribution < 1.29 is 4.92 Å². The highest BCUT2D eigenvalue weighted by Gasteiger charge is 2.24. The zero-order chi connectivity index (χ0) is 14.1. The minimum Gasteiger partial charge on any atom is -0.361 e. The molecule has 0 atom stereocenters. The summed E-state index contributed by atoms with van der Waals surface area (Å²) in [5.74, 6) is 0. The van der Waals surface area contributed by atoms with Crippen LogP contribution in [-0.2, 0) is 13.0 Å². The molecule has 0 saturated heterocycles. The molecule has 0 aliphatic carbocycles. The lowest BCUT2D eigenvalue weighted by Crippen LogP contribution is -2.30. The van der Waals surface area contributed by atoms with E-state index in [1.807, 2.05) is 11.0 Å². The first-order valence-corrected chi connectivity index (χ1v) is 6.13. The summed E-state index contributed by atoms with van der Waals surface area (Å²) < 4.78 is 0. The number of H-pyrrole nitrogens is 1. The maximum Gasteiger partial charge on any atom is 0.293 e. The Bertz CT molecular complexity index is 716. The molecule has 1 aromatic carbocycles. The van der Waals surface area contributed by atoms with Crippen LogP contribution in [0.2, 0.25) is 0 Å². The average Bonchev–Trinajstić information content (AvgIpc) is 2.93. The molecule has 3 rings (SSSR count). The molecule has 100 valence electrons. The van der Waals surface area contributed by atoms with Crippen LogP contribution in [0.4, 0.5) is 11.4 Å². The molecule has 7 heteroatoms. The molecular weight excluding hydrogens is 258 g/mol. The van der Waals surface area contributed by atoms with E-state index in [0.29, 0.717) is 24.3 Å². The van der Waals surface area contributed by atoms with Crippen LogP contribution in [0.15, 0.2) is 24.4 Å². The number of nitro groups is 1. The fourth-order valence-electron chi connectivity index (χ4n) is 2.43. The van der Waals surface area contributed by atoms with Crippen LogP contribution in [-0.4, -0.2) is 21.7 Å². The van der Waals surface area contributed by atoms with E-state index in [4.69, 9.17) is 5.26 Å². The topological polar surface area (TPSA) is 98.8 Å². The highest BCUT2D eigenvalue weighted by molar-refractivity contribution is 5.66.